The molecule has 3 aromatic carbocycles. The molecular formula is C30H30N2O6. The van der Waals surface area contributed by atoms with Crippen LogP contribution in [0.25, 0.3) is 5.76 Å². The van der Waals surface area contributed by atoms with Gasteiger partial charge in [-0.1, -0.05) is 36.4 Å². The number of carboxylic acids is 1. The fourth-order valence-electron chi connectivity index (χ4n) is 4.46. The highest BCUT2D eigenvalue weighted by Crippen LogP contribution is 2.42. The lowest BCUT2D eigenvalue weighted by Gasteiger charge is -2.26. The van der Waals surface area contributed by atoms with E-state index in [1.165, 1.54) is 4.90 Å². The summed E-state index contributed by atoms with van der Waals surface area (Å²) in [6.45, 7) is 3.77. The summed E-state index contributed by atoms with van der Waals surface area (Å²) in [4.78, 5) is 41.2. The topological polar surface area (TPSA) is 107 Å². The van der Waals surface area contributed by atoms with Crippen molar-refractivity contribution in [2.24, 2.45) is 0 Å². The Hall–Kier alpha value is -4.59. The van der Waals surface area contributed by atoms with Gasteiger partial charge in [-0.15, -0.1) is 0 Å². The number of Topliss-reactive ketones (excluding diaryl/α,β-unsaturated/α-hetero) is 1. The average Bonchev–Trinajstić information content (AvgIpc) is 3.14. The molecule has 1 amide bonds. The molecule has 1 unspecified atom stereocenters. The number of carboxylic acid groups (broad SMARTS) is 1. The zero-order valence-electron chi connectivity index (χ0n) is 21.7. The number of aliphatic hydroxyl groups is 1. The van der Waals surface area contributed by atoms with Crippen molar-refractivity contribution in [3.8, 4) is 5.75 Å². The molecule has 0 radical (unpaired) electrons. The van der Waals surface area contributed by atoms with E-state index in [9.17, 15) is 19.5 Å². The van der Waals surface area contributed by atoms with Gasteiger partial charge in [-0.05, 0) is 61.4 Å². The summed E-state index contributed by atoms with van der Waals surface area (Å²) in [5.41, 5.74) is 2.87. The van der Waals surface area contributed by atoms with Crippen molar-refractivity contribution in [3.63, 3.8) is 0 Å². The van der Waals surface area contributed by atoms with E-state index in [0.29, 0.717) is 28.1 Å². The van der Waals surface area contributed by atoms with E-state index >= 15 is 0 Å². The number of ketones is 1. The second kappa shape index (κ2) is 10.8. The fraction of sp³-hybridized carbons (Fsp3) is 0.233. The van der Waals surface area contributed by atoms with E-state index in [2.05, 4.69) is 0 Å². The molecule has 1 aliphatic rings. The minimum Gasteiger partial charge on any atom is -0.507 e. The van der Waals surface area contributed by atoms with E-state index in [1.807, 2.05) is 57.1 Å². The van der Waals surface area contributed by atoms with Gasteiger partial charge >= 0.3 is 5.97 Å². The predicted octanol–water partition coefficient (Wildman–Crippen LogP) is 4.79. The highest BCUT2D eigenvalue weighted by Gasteiger charge is 2.47. The van der Waals surface area contributed by atoms with Gasteiger partial charge in [-0.2, -0.15) is 0 Å². The Kier molecular flexibility index (Phi) is 7.52. The monoisotopic (exact) mass is 514 g/mol. The summed E-state index contributed by atoms with van der Waals surface area (Å²) in [6, 6.07) is 19.7. The molecule has 2 N–H and O–H groups in total. The molecule has 1 fully saturated rings. The lowest BCUT2D eigenvalue weighted by atomic mass is 9.94. The van der Waals surface area contributed by atoms with E-state index in [4.69, 9.17) is 9.84 Å². The van der Waals surface area contributed by atoms with Crippen LogP contribution in [0.15, 0.2) is 78.4 Å². The number of carbonyl (C=O) groups excluding carboxylic acids is 2. The Labute approximate surface area is 221 Å². The number of ether oxygens (including phenoxy) is 1. The molecule has 1 aliphatic heterocycles. The zero-order chi connectivity index (χ0) is 27.6. The van der Waals surface area contributed by atoms with Gasteiger partial charge in [0.05, 0.1) is 24.1 Å². The Morgan fingerprint density at radius 1 is 0.974 bits per heavy atom. The summed E-state index contributed by atoms with van der Waals surface area (Å²) >= 11 is 0. The number of aliphatic carboxylic acids is 1. The maximum atomic E-state index is 13.4. The summed E-state index contributed by atoms with van der Waals surface area (Å²) in [5, 5.41) is 20.5. The van der Waals surface area contributed by atoms with Crippen LogP contribution in [0.2, 0.25) is 0 Å². The molecule has 1 atom stereocenters. The van der Waals surface area contributed by atoms with Crippen molar-refractivity contribution in [1.29, 1.82) is 0 Å². The molecule has 3 aromatic rings. The molecule has 0 aliphatic carbocycles. The number of carbonyl (C=O) groups is 3. The van der Waals surface area contributed by atoms with Gasteiger partial charge in [0, 0.05) is 31.0 Å². The first-order valence-corrected chi connectivity index (χ1v) is 12.2. The van der Waals surface area contributed by atoms with Gasteiger partial charge in [0.25, 0.3) is 11.7 Å². The van der Waals surface area contributed by atoms with Gasteiger partial charge < -0.3 is 19.8 Å². The lowest BCUT2D eigenvalue weighted by Crippen LogP contribution is -2.29. The Balaban J connectivity index is 1.86. The maximum absolute atomic E-state index is 13.4. The van der Waals surface area contributed by atoms with E-state index < -0.39 is 23.7 Å². The number of amides is 1. The average molecular weight is 515 g/mol. The van der Waals surface area contributed by atoms with Crippen LogP contribution < -0.4 is 14.5 Å². The fourth-order valence-corrected chi connectivity index (χ4v) is 4.46. The van der Waals surface area contributed by atoms with E-state index in [-0.39, 0.29) is 23.9 Å². The molecular weight excluding hydrogens is 484 g/mol. The van der Waals surface area contributed by atoms with Crippen LogP contribution in [0.4, 0.5) is 11.4 Å². The summed E-state index contributed by atoms with van der Waals surface area (Å²) in [5.74, 6) is -2.34. The summed E-state index contributed by atoms with van der Waals surface area (Å²) in [7, 11) is 3.82. The molecule has 0 spiro atoms. The third-order valence-electron chi connectivity index (χ3n) is 6.22. The predicted molar refractivity (Wildman–Crippen MR) is 146 cm³/mol. The van der Waals surface area contributed by atoms with Crippen molar-refractivity contribution in [2.45, 2.75) is 32.4 Å². The third-order valence-corrected chi connectivity index (χ3v) is 6.22. The molecule has 0 aromatic heterocycles. The van der Waals surface area contributed by atoms with Gasteiger partial charge in [0.1, 0.15) is 11.5 Å². The number of hydrogen-bond acceptors (Lipinski definition) is 6. The first-order chi connectivity index (χ1) is 18.1. The van der Waals surface area contributed by atoms with Gasteiger partial charge in [-0.3, -0.25) is 19.3 Å². The molecule has 38 heavy (non-hydrogen) atoms. The smallest absolute Gasteiger partial charge is 0.307 e. The molecule has 0 saturated carbocycles. The van der Waals surface area contributed by atoms with Gasteiger partial charge in [0.15, 0.2) is 0 Å². The number of benzene rings is 3. The standard InChI is InChI=1S/C30H30N2O6/c1-18(2)38-24-7-5-6-21(17-24)28(35)26-27(20-10-14-22(15-11-20)31(3)4)32(30(37)29(26)36)23-12-8-19(9-13-23)16-25(33)34/h5-15,17-18,27,35H,16H2,1-4H3,(H,33,34)/b28-26-. The van der Waals surface area contributed by atoms with Crippen LogP contribution in [0.5, 0.6) is 5.75 Å². The quantitative estimate of drug-likeness (QED) is 0.253. The Morgan fingerprint density at radius 3 is 2.21 bits per heavy atom. The van der Waals surface area contributed by atoms with Crippen molar-refractivity contribution in [2.75, 3.05) is 23.9 Å². The molecule has 1 saturated heterocycles. The first kappa shape index (κ1) is 26.5. The molecule has 0 bridgehead atoms. The second-order valence-electron chi connectivity index (χ2n) is 9.59. The van der Waals surface area contributed by atoms with E-state index in [1.54, 1.807) is 48.5 Å². The van der Waals surface area contributed by atoms with Crippen molar-refractivity contribution < 1.29 is 29.3 Å². The van der Waals surface area contributed by atoms with Crippen LogP contribution >= 0.6 is 0 Å². The normalized spacial score (nSPS) is 16.7. The maximum Gasteiger partial charge on any atom is 0.307 e. The summed E-state index contributed by atoms with van der Waals surface area (Å²) in [6.07, 6.45) is -0.249. The minimum absolute atomic E-state index is 0.0380. The van der Waals surface area contributed by atoms with Crippen LogP contribution in [0.1, 0.15) is 36.6 Å². The van der Waals surface area contributed by atoms with E-state index in [0.717, 1.165) is 5.69 Å². The second-order valence-corrected chi connectivity index (χ2v) is 9.59. The molecule has 8 nitrogen and oxygen atoms in total. The Bertz CT molecular complexity index is 1390. The lowest BCUT2D eigenvalue weighted by molar-refractivity contribution is -0.136. The van der Waals surface area contributed by atoms with Crippen LogP contribution in [-0.2, 0) is 20.8 Å². The molecule has 1 heterocycles. The SMILES string of the molecule is CC(C)Oc1cccc(/C(O)=C2/C(=O)C(=O)N(c3ccc(CC(=O)O)cc3)C2c2ccc(N(C)C)cc2)c1. The van der Waals surface area contributed by atoms with Gasteiger partial charge in [0.2, 0.25) is 0 Å². The van der Waals surface area contributed by atoms with Crippen LogP contribution in [-0.4, -0.2) is 48.1 Å². The Morgan fingerprint density at radius 2 is 1.63 bits per heavy atom. The van der Waals surface area contributed by atoms with Crippen molar-refractivity contribution in [3.05, 3.63) is 95.1 Å². The number of hydrogen-bond donors (Lipinski definition) is 2. The highest BCUT2D eigenvalue weighted by molar-refractivity contribution is 6.51. The largest absolute Gasteiger partial charge is 0.507 e. The van der Waals surface area contributed by atoms with Crippen molar-refractivity contribution in [1.82, 2.24) is 0 Å². The number of rotatable bonds is 8. The summed E-state index contributed by atoms with van der Waals surface area (Å²) < 4.78 is 5.75. The molecule has 196 valence electrons. The molecule has 4 rings (SSSR count). The van der Waals surface area contributed by atoms with Crippen LogP contribution in [0.3, 0.4) is 0 Å². The first-order valence-electron chi connectivity index (χ1n) is 12.2. The zero-order valence-corrected chi connectivity index (χ0v) is 21.7. The van der Waals surface area contributed by atoms with Crippen LogP contribution in [0, 0.1) is 0 Å². The molecule has 8 heteroatoms. The number of nitrogens with zero attached hydrogens (tertiary/aromatic N) is 2. The highest BCUT2D eigenvalue weighted by atomic mass is 16.5. The number of aliphatic hydroxyl groups excluding tert-OH is 1. The minimum atomic E-state index is -0.970. The van der Waals surface area contributed by atoms with Crippen molar-refractivity contribution >= 4 is 34.8 Å². The number of anilines is 2. The van der Waals surface area contributed by atoms with Gasteiger partial charge in [-0.25, -0.2) is 0 Å². The third kappa shape index (κ3) is 5.39.